The molecule has 2 N–H and O–H groups in total. The minimum absolute atomic E-state index is 0.358. The van der Waals surface area contributed by atoms with Gasteiger partial charge in [0.1, 0.15) is 12.0 Å². The lowest BCUT2D eigenvalue weighted by atomic mass is 10.2. The van der Waals surface area contributed by atoms with Gasteiger partial charge in [-0.3, -0.25) is 9.78 Å². The Labute approximate surface area is 85.7 Å². The van der Waals surface area contributed by atoms with Gasteiger partial charge in [0.15, 0.2) is 17.7 Å². The van der Waals surface area contributed by atoms with Gasteiger partial charge in [0.2, 0.25) is 0 Å². The monoisotopic (exact) mass is 209 g/mol. The molecule has 7 heteroatoms. The van der Waals surface area contributed by atoms with E-state index in [0.717, 1.165) is 0 Å². The fourth-order valence-electron chi connectivity index (χ4n) is 1.37. The summed E-state index contributed by atoms with van der Waals surface area (Å²) in [5, 5.41) is 20.2. The van der Waals surface area contributed by atoms with Gasteiger partial charge in [-0.2, -0.15) is 10.2 Å². The van der Waals surface area contributed by atoms with Gasteiger partial charge in [-0.05, 0) is 0 Å². The molecule has 2 heterocycles. The molecule has 2 rings (SSSR count). The maximum absolute atomic E-state index is 9.99. The molecule has 0 aliphatic carbocycles. The first-order chi connectivity index (χ1) is 7.24. The summed E-state index contributed by atoms with van der Waals surface area (Å²) in [5.74, 6) is 0.873. The summed E-state index contributed by atoms with van der Waals surface area (Å²) in [6.07, 6.45) is 1.95. The van der Waals surface area contributed by atoms with Gasteiger partial charge >= 0.3 is 0 Å². The van der Waals surface area contributed by atoms with Crippen LogP contribution in [0.2, 0.25) is 0 Å². The minimum atomic E-state index is -0.921. The van der Waals surface area contributed by atoms with E-state index in [4.69, 9.17) is 4.74 Å². The lowest BCUT2D eigenvalue weighted by Gasteiger charge is -2.09. The predicted octanol–water partition coefficient (Wildman–Crippen LogP) is -0.372. The molecule has 0 saturated carbocycles. The summed E-state index contributed by atoms with van der Waals surface area (Å²) in [6.45, 7) is 0. The second-order valence-electron chi connectivity index (χ2n) is 3.00. The van der Waals surface area contributed by atoms with Crippen LogP contribution in [0.15, 0.2) is 12.5 Å². The number of aliphatic hydroxyl groups excluding tert-OH is 1. The van der Waals surface area contributed by atoms with Crippen molar-refractivity contribution in [1.29, 1.82) is 0 Å². The first kappa shape index (κ1) is 9.66. The molecular formula is C8H11N5O2. The zero-order chi connectivity index (χ0) is 10.8. The molecule has 0 saturated heterocycles. The Hall–Kier alpha value is -1.89. The highest BCUT2D eigenvalue weighted by atomic mass is 16.5. The van der Waals surface area contributed by atoms with Gasteiger partial charge in [-0.25, -0.2) is 4.98 Å². The Bertz CT molecular complexity index is 436. The maximum Gasteiger partial charge on any atom is 0.163 e. The molecule has 15 heavy (non-hydrogen) atoms. The second kappa shape index (κ2) is 3.70. The van der Waals surface area contributed by atoms with Crippen LogP contribution in [0.4, 0.5) is 0 Å². The summed E-state index contributed by atoms with van der Waals surface area (Å²) in [5.41, 5.74) is 0.536. The SMILES string of the molecule is COc1cnn(C)c1C(O)c1ncn[nH]1. The largest absolute Gasteiger partial charge is 0.493 e. The molecule has 0 amide bonds. The van der Waals surface area contributed by atoms with Crippen molar-refractivity contribution in [1.82, 2.24) is 25.0 Å². The highest BCUT2D eigenvalue weighted by Gasteiger charge is 2.22. The molecule has 0 spiro atoms. The Morgan fingerprint density at radius 2 is 2.40 bits per heavy atom. The molecule has 0 radical (unpaired) electrons. The summed E-state index contributed by atoms with van der Waals surface area (Å²) < 4.78 is 6.61. The minimum Gasteiger partial charge on any atom is -0.493 e. The standard InChI is InChI=1S/C8H11N5O2/c1-13-6(5(15-2)3-11-13)7(14)8-9-4-10-12-8/h3-4,7,14H,1-2H3,(H,9,10,12). The molecule has 0 aliphatic rings. The van der Waals surface area contributed by atoms with E-state index in [2.05, 4.69) is 20.3 Å². The van der Waals surface area contributed by atoms with Gasteiger partial charge in [0.05, 0.1) is 13.3 Å². The molecule has 80 valence electrons. The fraction of sp³-hybridized carbons (Fsp3) is 0.375. The maximum atomic E-state index is 9.99. The van der Waals surface area contributed by atoms with Crippen LogP contribution in [0.3, 0.4) is 0 Å². The summed E-state index contributed by atoms with van der Waals surface area (Å²) in [6, 6.07) is 0. The fourth-order valence-corrected chi connectivity index (χ4v) is 1.37. The number of aryl methyl sites for hydroxylation is 1. The van der Waals surface area contributed by atoms with Crippen LogP contribution in [0.25, 0.3) is 0 Å². The quantitative estimate of drug-likeness (QED) is 0.719. The smallest absolute Gasteiger partial charge is 0.163 e. The number of H-pyrrole nitrogens is 1. The number of ether oxygens (including phenoxy) is 1. The van der Waals surface area contributed by atoms with Crippen molar-refractivity contribution in [3.05, 3.63) is 24.0 Å². The lowest BCUT2D eigenvalue weighted by Crippen LogP contribution is -2.09. The van der Waals surface area contributed by atoms with Crippen molar-refractivity contribution < 1.29 is 9.84 Å². The Morgan fingerprint density at radius 3 is 3.00 bits per heavy atom. The summed E-state index contributed by atoms with van der Waals surface area (Å²) >= 11 is 0. The van der Waals surface area contributed by atoms with Crippen molar-refractivity contribution in [3.63, 3.8) is 0 Å². The summed E-state index contributed by atoms with van der Waals surface area (Å²) in [4.78, 5) is 3.88. The number of aromatic amines is 1. The van der Waals surface area contributed by atoms with Crippen LogP contribution in [0.5, 0.6) is 5.75 Å². The number of hydrogen-bond donors (Lipinski definition) is 2. The van der Waals surface area contributed by atoms with E-state index in [0.29, 0.717) is 17.3 Å². The highest BCUT2D eigenvalue weighted by Crippen LogP contribution is 2.26. The van der Waals surface area contributed by atoms with Crippen LogP contribution in [-0.2, 0) is 7.05 Å². The molecule has 0 aliphatic heterocycles. The van der Waals surface area contributed by atoms with E-state index in [1.807, 2.05) is 0 Å². The number of rotatable bonds is 3. The van der Waals surface area contributed by atoms with Gasteiger partial charge < -0.3 is 9.84 Å². The number of aliphatic hydroxyl groups is 1. The predicted molar refractivity (Wildman–Crippen MR) is 50.2 cm³/mol. The number of nitrogens with one attached hydrogen (secondary N) is 1. The van der Waals surface area contributed by atoms with Crippen molar-refractivity contribution in [3.8, 4) is 5.75 Å². The Kier molecular flexibility index (Phi) is 2.38. The molecule has 7 nitrogen and oxygen atoms in total. The first-order valence-corrected chi connectivity index (χ1v) is 4.33. The molecule has 1 unspecified atom stereocenters. The highest BCUT2D eigenvalue weighted by molar-refractivity contribution is 5.30. The third kappa shape index (κ3) is 1.57. The number of hydrogen-bond acceptors (Lipinski definition) is 5. The Balaban J connectivity index is 2.40. The lowest BCUT2D eigenvalue weighted by molar-refractivity contribution is 0.195. The van der Waals surface area contributed by atoms with Crippen LogP contribution in [0, 0.1) is 0 Å². The molecule has 2 aromatic rings. The van der Waals surface area contributed by atoms with E-state index in [1.54, 1.807) is 7.05 Å². The molecule has 0 fully saturated rings. The zero-order valence-corrected chi connectivity index (χ0v) is 8.38. The average molecular weight is 209 g/mol. The molecule has 0 bridgehead atoms. The summed E-state index contributed by atoms with van der Waals surface area (Å²) in [7, 11) is 3.24. The van der Waals surface area contributed by atoms with E-state index in [1.165, 1.54) is 24.3 Å². The van der Waals surface area contributed by atoms with Gasteiger partial charge in [0, 0.05) is 7.05 Å². The number of nitrogens with zero attached hydrogens (tertiary/aromatic N) is 4. The van der Waals surface area contributed by atoms with Crippen molar-refractivity contribution in [2.45, 2.75) is 6.10 Å². The van der Waals surface area contributed by atoms with E-state index >= 15 is 0 Å². The van der Waals surface area contributed by atoms with Gasteiger partial charge in [-0.1, -0.05) is 0 Å². The molecule has 2 aromatic heterocycles. The first-order valence-electron chi connectivity index (χ1n) is 4.33. The van der Waals surface area contributed by atoms with Crippen LogP contribution in [-0.4, -0.2) is 37.2 Å². The normalized spacial score (nSPS) is 12.7. The van der Waals surface area contributed by atoms with E-state index in [9.17, 15) is 5.11 Å². The molecule has 0 aromatic carbocycles. The average Bonchev–Trinajstić information content (AvgIpc) is 2.85. The van der Waals surface area contributed by atoms with Crippen LogP contribution < -0.4 is 4.74 Å². The van der Waals surface area contributed by atoms with Crippen LogP contribution >= 0.6 is 0 Å². The Morgan fingerprint density at radius 1 is 1.60 bits per heavy atom. The van der Waals surface area contributed by atoms with Gasteiger partial charge in [-0.15, -0.1) is 0 Å². The number of methoxy groups -OCH3 is 1. The van der Waals surface area contributed by atoms with Crippen molar-refractivity contribution in [2.24, 2.45) is 7.05 Å². The van der Waals surface area contributed by atoms with Crippen LogP contribution in [0.1, 0.15) is 17.6 Å². The topological polar surface area (TPSA) is 88.8 Å². The van der Waals surface area contributed by atoms with E-state index < -0.39 is 6.10 Å². The van der Waals surface area contributed by atoms with E-state index in [-0.39, 0.29) is 0 Å². The molecular weight excluding hydrogens is 198 g/mol. The van der Waals surface area contributed by atoms with Crippen molar-refractivity contribution in [2.75, 3.05) is 7.11 Å². The second-order valence-corrected chi connectivity index (χ2v) is 3.00. The van der Waals surface area contributed by atoms with Gasteiger partial charge in [0.25, 0.3) is 0 Å². The zero-order valence-electron chi connectivity index (χ0n) is 8.38. The molecule has 1 atom stereocenters. The van der Waals surface area contributed by atoms with Crippen molar-refractivity contribution >= 4 is 0 Å². The number of aromatic nitrogens is 5. The third-order valence-electron chi connectivity index (χ3n) is 2.12. The third-order valence-corrected chi connectivity index (χ3v) is 2.12.